The average molecular weight is 671 g/mol. The molecule has 0 aromatic carbocycles. The fraction of sp³-hybridized carbons (Fsp3) is 0.900. The van der Waals surface area contributed by atoms with Crippen molar-refractivity contribution >= 4 is 0 Å². The molecule has 0 heterocycles. The lowest BCUT2D eigenvalue weighted by Gasteiger charge is -2.18. The third-order valence-electron chi connectivity index (χ3n) is 7.97. The Balaban J connectivity index is 3.88. The lowest BCUT2D eigenvalue weighted by atomic mass is 10.1. The Bertz CT molecular complexity index is 586. The molecule has 0 rings (SSSR count). The largest absolute Gasteiger partial charge is 0.353 e. The van der Waals surface area contributed by atoms with Crippen molar-refractivity contribution in [3.05, 3.63) is 24.3 Å². The minimum atomic E-state index is -0.400. The van der Waals surface area contributed by atoms with Crippen molar-refractivity contribution < 1.29 is 33.2 Å². The van der Waals surface area contributed by atoms with Gasteiger partial charge in [-0.15, -0.1) is 0 Å². The topological polar surface area (TPSA) is 64.6 Å². The second-order valence-corrected chi connectivity index (χ2v) is 12.6. The molecule has 0 saturated heterocycles. The van der Waals surface area contributed by atoms with E-state index in [4.69, 9.17) is 33.2 Å². The first-order valence-electron chi connectivity index (χ1n) is 19.7. The molecule has 280 valence electrons. The van der Waals surface area contributed by atoms with E-state index in [1.54, 1.807) is 14.2 Å². The minimum Gasteiger partial charge on any atom is -0.353 e. The molecule has 0 radical (unpaired) electrons. The Labute approximate surface area is 291 Å². The number of methoxy groups -OCH3 is 2. The highest BCUT2D eigenvalue weighted by atomic mass is 16.8. The van der Waals surface area contributed by atoms with E-state index < -0.39 is 12.6 Å². The fourth-order valence-electron chi connectivity index (χ4n) is 5.25. The van der Waals surface area contributed by atoms with Gasteiger partial charge >= 0.3 is 0 Å². The van der Waals surface area contributed by atoms with Crippen molar-refractivity contribution in [3.8, 4) is 0 Å². The molecule has 0 aliphatic heterocycles. The summed E-state index contributed by atoms with van der Waals surface area (Å²) in [4.78, 5) is 0. The Morgan fingerprint density at radius 2 is 0.702 bits per heavy atom. The Morgan fingerprint density at radius 3 is 1.00 bits per heavy atom. The summed E-state index contributed by atoms with van der Waals surface area (Å²) in [5.74, 6) is 0. The lowest BCUT2D eigenvalue weighted by molar-refractivity contribution is -0.188. The summed E-state index contributed by atoms with van der Waals surface area (Å²) in [6.07, 6.45) is 33.4. The summed E-state index contributed by atoms with van der Waals surface area (Å²) in [6, 6.07) is 0. The molecule has 7 nitrogen and oxygen atoms in total. The molecule has 0 N–H and O–H groups in total. The van der Waals surface area contributed by atoms with Crippen molar-refractivity contribution in [3.63, 3.8) is 0 Å². The third kappa shape index (κ3) is 32.2. The van der Waals surface area contributed by atoms with E-state index in [2.05, 4.69) is 39.8 Å². The van der Waals surface area contributed by atoms with E-state index >= 15 is 0 Å². The maximum Gasteiger partial charge on any atom is 0.179 e. The van der Waals surface area contributed by atoms with E-state index in [9.17, 15) is 0 Å². The second kappa shape index (κ2) is 38.0. The van der Waals surface area contributed by atoms with Crippen LogP contribution in [0, 0.1) is 0 Å². The van der Waals surface area contributed by atoms with Crippen LogP contribution in [0.5, 0.6) is 0 Å². The first-order chi connectivity index (χ1) is 23.1. The third-order valence-corrected chi connectivity index (χ3v) is 7.97. The SMILES string of the molecule is CCCOC(CCCCCCCCCC=CC(OC)OC(C=CCCCCCCCCCC(OCCC)OCCC)OC)OCCC. The first-order valence-corrected chi connectivity index (χ1v) is 19.7. The predicted molar refractivity (Wildman–Crippen MR) is 197 cm³/mol. The fourth-order valence-corrected chi connectivity index (χ4v) is 5.25. The Hall–Kier alpha value is -0.800. The van der Waals surface area contributed by atoms with Gasteiger partial charge in [0.25, 0.3) is 0 Å². The van der Waals surface area contributed by atoms with Gasteiger partial charge in [-0.1, -0.05) is 104 Å². The van der Waals surface area contributed by atoms with Gasteiger partial charge in [0.15, 0.2) is 25.2 Å². The first kappa shape index (κ1) is 46.2. The molecule has 0 saturated carbocycles. The van der Waals surface area contributed by atoms with Crippen LogP contribution < -0.4 is 0 Å². The molecule has 0 amide bonds. The van der Waals surface area contributed by atoms with Gasteiger partial charge < -0.3 is 33.2 Å². The van der Waals surface area contributed by atoms with Gasteiger partial charge in [-0.05, 0) is 89.2 Å². The molecule has 0 spiro atoms. The minimum absolute atomic E-state index is 0.0146. The molecule has 0 aromatic heterocycles. The maximum atomic E-state index is 5.98. The molecule has 0 aliphatic rings. The van der Waals surface area contributed by atoms with E-state index in [0.717, 1.165) is 77.8 Å². The molecule has 0 bridgehead atoms. The van der Waals surface area contributed by atoms with Crippen LogP contribution in [0.15, 0.2) is 24.3 Å². The van der Waals surface area contributed by atoms with Gasteiger partial charge in [0.1, 0.15) is 0 Å². The zero-order chi connectivity index (χ0) is 34.5. The highest BCUT2D eigenvalue weighted by Gasteiger charge is 2.11. The van der Waals surface area contributed by atoms with Crippen LogP contribution in [0.3, 0.4) is 0 Å². The summed E-state index contributed by atoms with van der Waals surface area (Å²) < 4.78 is 40.3. The molecule has 0 aliphatic carbocycles. The Kier molecular flexibility index (Phi) is 37.4. The molecule has 0 aromatic rings. The molecular formula is C40H78O7. The van der Waals surface area contributed by atoms with Gasteiger partial charge in [0.05, 0.1) is 0 Å². The molecular weight excluding hydrogens is 592 g/mol. The summed E-state index contributed by atoms with van der Waals surface area (Å²) in [5, 5.41) is 0. The van der Waals surface area contributed by atoms with Crippen LogP contribution in [0.2, 0.25) is 0 Å². The zero-order valence-corrected chi connectivity index (χ0v) is 31.9. The van der Waals surface area contributed by atoms with Crippen molar-refractivity contribution in [1.82, 2.24) is 0 Å². The zero-order valence-electron chi connectivity index (χ0n) is 31.9. The van der Waals surface area contributed by atoms with Crippen molar-refractivity contribution in [2.45, 2.75) is 194 Å². The number of hydrogen-bond donors (Lipinski definition) is 0. The number of unbranched alkanes of at least 4 members (excludes halogenated alkanes) is 14. The lowest BCUT2D eigenvalue weighted by Crippen LogP contribution is -2.22. The van der Waals surface area contributed by atoms with Crippen LogP contribution in [-0.4, -0.2) is 65.8 Å². The van der Waals surface area contributed by atoms with E-state index in [0.29, 0.717) is 0 Å². The maximum absolute atomic E-state index is 5.98. The molecule has 2 unspecified atom stereocenters. The molecule has 7 heteroatoms. The van der Waals surface area contributed by atoms with E-state index in [-0.39, 0.29) is 12.6 Å². The van der Waals surface area contributed by atoms with Crippen LogP contribution in [0.4, 0.5) is 0 Å². The van der Waals surface area contributed by atoms with Crippen LogP contribution in [0.1, 0.15) is 169 Å². The quantitative estimate of drug-likeness (QED) is 0.0368. The molecule has 0 fully saturated rings. The monoisotopic (exact) mass is 671 g/mol. The second-order valence-electron chi connectivity index (χ2n) is 12.6. The van der Waals surface area contributed by atoms with Gasteiger partial charge in [0.2, 0.25) is 0 Å². The van der Waals surface area contributed by atoms with Gasteiger partial charge in [0, 0.05) is 40.6 Å². The number of ether oxygens (including phenoxy) is 7. The average Bonchev–Trinajstić information content (AvgIpc) is 3.09. The van der Waals surface area contributed by atoms with Gasteiger partial charge in [-0.3, -0.25) is 0 Å². The Morgan fingerprint density at radius 1 is 0.404 bits per heavy atom. The predicted octanol–water partition coefficient (Wildman–Crippen LogP) is 11.4. The standard InChI is InChI=1S/C40H78O7/c1-7-33-43-39(44-34-8-2)31-27-23-19-15-11-13-17-21-25-29-37(41-5)47-38(42-6)30-26-22-18-14-12-16-20-24-28-32-40(45-35-9-3)46-36-10-4/h25-26,29-30,37-40H,7-24,27-28,31-36H2,1-6H3. The van der Waals surface area contributed by atoms with Gasteiger partial charge in [-0.25, -0.2) is 0 Å². The highest BCUT2D eigenvalue weighted by Crippen LogP contribution is 2.15. The normalized spacial score (nSPS) is 13.6. The van der Waals surface area contributed by atoms with Crippen LogP contribution >= 0.6 is 0 Å². The van der Waals surface area contributed by atoms with Crippen LogP contribution in [0.25, 0.3) is 0 Å². The number of rotatable bonds is 38. The highest BCUT2D eigenvalue weighted by molar-refractivity contribution is 4.89. The number of hydrogen-bond acceptors (Lipinski definition) is 7. The summed E-state index contributed by atoms with van der Waals surface area (Å²) in [6.45, 7) is 11.7. The van der Waals surface area contributed by atoms with E-state index in [1.807, 2.05) is 12.2 Å². The summed E-state index contributed by atoms with van der Waals surface area (Å²) >= 11 is 0. The van der Waals surface area contributed by atoms with Crippen LogP contribution in [-0.2, 0) is 33.2 Å². The van der Waals surface area contributed by atoms with Crippen molar-refractivity contribution in [2.75, 3.05) is 40.6 Å². The van der Waals surface area contributed by atoms with Gasteiger partial charge in [-0.2, -0.15) is 0 Å². The van der Waals surface area contributed by atoms with Crippen molar-refractivity contribution in [2.24, 2.45) is 0 Å². The smallest absolute Gasteiger partial charge is 0.179 e. The molecule has 47 heavy (non-hydrogen) atoms. The number of allylic oxidation sites excluding steroid dienone is 2. The summed E-state index contributed by atoms with van der Waals surface area (Å²) in [7, 11) is 3.36. The molecule has 2 atom stereocenters. The summed E-state index contributed by atoms with van der Waals surface area (Å²) in [5.41, 5.74) is 0. The van der Waals surface area contributed by atoms with Crippen molar-refractivity contribution in [1.29, 1.82) is 0 Å². The van der Waals surface area contributed by atoms with E-state index in [1.165, 1.54) is 89.9 Å².